The van der Waals surface area contributed by atoms with E-state index in [1.54, 1.807) is 6.92 Å². The Kier molecular flexibility index (Phi) is 4.50. The van der Waals surface area contributed by atoms with Crippen LogP contribution in [0.4, 0.5) is 0 Å². The summed E-state index contributed by atoms with van der Waals surface area (Å²) in [4.78, 5) is 11.2. The lowest BCUT2D eigenvalue weighted by molar-refractivity contribution is -0.142. The summed E-state index contributed by atoms with van der Waals surface area (Å²) < 4.78 is 4.65. The van der Waals surface area contributed by atoms with Crippen LogP contribution in [0.5, 0.6) is 0 Å². The normalized spacial score (nSPS) is 12.2. The molecular formula is C13H19NO2. The molecule has 3 nitrogen and oxygen atoms in total. The minimum absolute atomic E-state index is 0.231. The molecule has 3 heteroatoms. The first-order chi connectivity index (χ1) is 7.54. The molecule has 1 unspecified atom stereocenters. The smallest absolute Gasteiger partial charge is 0.322 e. The highest BCUT2D eigenvalue weighted by Gasteiger charge is 2.12. The summed E-state index contributed by atoms with van der Waals surface area (Å²) in [6.07, 6.45) is 0. The molecule has 0 fully saturated rings. The fraction of sp³-hybridized carbons (Fsp3) is 0.462. The Morgan fingerprint density at radius 1 is 1.44 bits per heavy atom. The first-order valence-electron chi connectivity index (χ1n) is 5.42. The van der Waals surface area contributed by atoms with E-state index in [0.29, 0.717) is 6.54 Å². The number of aryl methyl sites for hydroxylation is 2. The second-order valence-corrected chi connectivity index (χ2v) is 4.06. The van der Waals surface area contributed by atoms with Crippen LogP contribution in [0.15, 0.2) is 18.2 Å². The van der Waals surface area contributed by atoms with Crippen LogP contribution in [0, 0.1) is 13.8 Å². The van der Waals surface area contributed by atoms with Gasteiger partial charge in [-0.25, -0.2) is 0 Å². The van der Waals surface area contributed by atoms with Crippen LogP contribution in [-0.4, -0.2) is 19.1 Å². The van der Waals surface area contributed by atoms with Gasteiger partial charge in [0.1, 0.15) is 6.04 Å². The van der Waals surface area contributed by atoms with E-state index in [1.165, 1.54) is 23.8 Å². The van der Waals surface area contributed by atoms with E-state index in [-0.39, 0.29) is 12.0 Å². The zero-order valence-corrected chi connectivity index (χ0v) is 10.3. The van der Waals surface area contributed by atoms with E-state index in [4.69, 9.17) is 0 Å². The second-order valence-electron chi connectivity index (χ2n) is 4.06. The van der Waals surface area contributed by atoms with Gasteiger partial charge in [0, 0.05) is 6.54 Å². The van der Waals surface area contributed by atoms with E-state index in [9.17, 15) is 4.79 Å². The zero-order valence-electron chi connectivity index (χ0n) is 10.3. The van der Waals surface area contributed by atoms with E-state index >= 15 is 0 Å². The van der Waals surface area contributed by atoms with E-state index in [2.05, 4.69) is 42.1 Å². The van der Waals surface area contributed by atoms with Gasteiger partial charge in [0.2, 0.25) is 0 Å². The van der Waals surface area contributed by atoms with Crippen molar-refractivity contribution in [1.29, 1.82) is 0 Å². The lowest BCUT2D eigenvalue weighted by Gasteiger charge is -2.13. The van der Waals surface area contributed by atoms with Crippen molar-refractivity contribution in [3.63, 3.8) is 0 Å². The van der Waals surface area contributed by atoms with Crippen LogP contribution in [-0.2, 0) is 16.1 Å². The van der Waals surface area contributed by atoms with Crippen LogP contribution < -0.4 is 5.32 Å². The maximum Gasteiger partial charge on any atom is 0.322 e. The van der Waals surface area contributed by atoms with Gasteiger partial charge in [0.25, 0.3) is 0 Å². The predicted octanol–water partition coefficient (Wildman–Crippen LogP) is 1.95. The molecule has 0 radical (unpaired) electrons. The average molecular weight is 221 g/mol. The molecule has 88 valence electrons. The van der Waals surface area contributed by atoms with Gasteiger partial charge < -0.3 is 10.1 Å². The predicted molar refractivity (Wildman–Crippen MR) is 64.2 cm³/mol. The summed E-state index contributed by atoms with van der Waals surface area (Å²) in [6.45, 7) is 6.62. The fourth-order valence-corrected chi connectivity index (χ4v) is 1.51. The van der Waals surface area contributed by atoms with Crippen molar-refractivity contribution in [3.8, 4) is 0 Å². The van der Waals surface area contributed by atoms with Crippen LogP contribution >= 0.6 is 0 Å². The summed E-state index contributed by atoms with van der Waals surface area (Å²) in [5, 5.41) is 3.14. The maximum absolute atomic E-state index is 11.2. The Bertz CT molecular complexity index is 374. The number of ether oxygens (including phenoxy) is 1. The third kappa shape index (κ3) is 3.35. The van der Waals surface area contributed by atoms with Crippen LogP contribution in [0.2, 0.25) is 0 Å². The molecule has 0 bridgehead atoms. The van der Waals surface area contributed by atoms with Gasteiger partial charge in [-0.15, -0.1) is 0 Å². The summed E-state index contributed by atoms with van der Waals surface area (Å²) in [6, 6.07) is 6.04. The Morgan fingerprint density at radius 2 is 2.12 bits per heavy atom. The first kappa shape index (κ1) is 12.7. The van der Waals surface area contributed by atoms with Crippen molar-refractivity contribution in [1.82, 2.24) is 5.32 Å². The Morgan fingerprint density at radius 3 is 2.75 bits per heavy atom. The number of carbonyl (C=O) groups is 1. The largest absolute Gasteiger partial charge is 0.468 e. The molecule has 0 aliphatic heterocycles. The molecule has 0 heterocycles. The fourth-order valence-electron chi connectivity index (χ4n) is 1.51. The number of benzene rings is 1. The van der Waals surface area contributed by atoms with E-state index < -0.39 is 0 Å². The van der Waals surface area contributed by atoms with Crippen LogP contribution in [0.25, 0.3) is 0 Å². The molecule has 0 amide bonds. The number of rotatable bonds is 4. The van der Waals surface area contributed by atoms with E-state index in [1.807, 2.05) is 0 Å². The maximum atomic E-state index is 11.2. The molecule has 1 aromatic rings. The highest BCUT2D eigenvalue weighted by molar-refractivity contribution is 5.75. The number of hydrogen-bond donors (Lipinski definition) is 1. The molecule has 0 saturated carbocycles. The van der Waals surface area contributed by atoms with Crippen molar-refractivity contribution >= 4 is 5.97 Å². The molecule has 1 rings (SSSR count). The van der Waals surface area contributed by atoms with Gasteiger partial charge in [0.05, 0.1) is 7.11 Å². The Balaban J connectivity index is 2.60. The quantitative estimate of drug-likeness (QED) is 0.790. The number of methoxy groups -OCH3 is 1. The Labute approximate surface area is 96.8 Å². The van der Waals surface area contributed by atoms with Gasteiger partial charge in [-0.1, -0.05) is 23.8 Å². The molecule has 1 atom stereocenters. The number of esters is 1. The topological polar surface area (TPSA) is 38.3 Å². The number of nitrogens with one attached hydrogen (secondary N) is 1. The van der Waals surface area contributed by atoms with Crippen molar-refractivity contribution < 1.29 is 9.53 Å². The summed E-state index contributed by atoms with van der Waals surface area (Å²) in [5.74, 6) is -0.231. The SMILES string of the molecule is COC(=O)C(C)NCc1cc(C)ccc1C. The third-order valence-electron chi connectivity index (χ3n) is 2.66. The standard InChI is InChI=1S/C13H19NO2/c1-9-5-6-10(2)12(7-9)8-14-11(3)13(15)16-4/h5-7,11,14H,8H2,1-4H3. The third-order valence-corrected chi connectivity index (χ3v) is 2.66. The number of carbonyl (C=O) groups excluding carboxylic acids is 1. The van der Waals surface area contributed by atoms with Crippen LogP contribution in [0.3, 0.4) is 0 Å². The van der Waals surface area contributed by atoms with Gasteiger partial charge in [-0.05, 0) is 31.9 Å². The molecule has 0 saturated heterocycles. The van der Waals surface area contributed by atoms with Gasteiger partial charge in [-0.3, -0.25) is 4.79 Å². The molecule has 0 aliphatic rings. The molecule has 16 heavy (non-hydrogen) atoms. The average Bonchev–Trinajstić information content (AvgIpc) is 2.28. The minimum atomic E-state index is -0.273. The van der Waals surface area contributed by atoms with Crippen LogP contribution in [0.1, 0.15) is 23.6 Å². The summed E-state index contributed by atoms with van der Waals surface area (Å²) in [7, 11) is 1.40. The zero-order chi connectivity index (χ0) is 12.1. The molecule has 0 aromatic heterocycles. The van der Waals surface area contributed by atoms with Gasteiger partial charge >= 0.3 is 5.97 Å². The molecular weight excluding hydrogens is 202 g/mol. The van der Waals surface area contributed by atoms with Crippen molar-refractivity contribution in [2.45, 2.75) is 33.4 Å². The van der Waals surface area contributed by atoms with Crippen molar-refractivity contribution in [2.75, 3.05) is 7.11 Å². The Hall–Kier alpha value is -1.35. The number of hydrogen-bond acceptors (Lipinski definition) is 3. The highest BCUT2D eigenvalue weighted by Crippen LogP contribution is 2.10. The summed E-state index contributed by atoms with van der Waals surface area (Å²) >= 11 is 0. The highest BCUT2D eigenvalue weighted by atomic mass is 16.5. The van der Waals surface area contributed by atoms with Gasteiger partial charge in [-0.2, -0.15) is 0 Å². The lowest BCUT2D eigenvalue weighted by Crippen LogP contribution is -2.34. The first-order valence-corrected chi connectivity index (χ1v) is 5.42. The lowest BCUT2D eigenvalue weighted by atomic mass is 10.1. The summed E-state index contributed by atoms with van der Waals surface area (Å²) in [5.41, 5.74) is 3.68. The molecule has 1 aromatic carbocycles. The van der Waals surface area contributed by atoms with Gasteiger partial charge in [0.15, 0.2) is 0 Å². The minimum Gasteiger partial charge on any atom is -0.468 e. The molecule has 0 spiro atoms. The monoisotopic (exact) mass is 221 g/mol. The molecule has 1 N–H and O–H groups in total. The van der Waals surface area contributed by atoms with Crippen molar-refractivity contribution in [2.24, 2.45) is 0 Å². The van der Waals surface area contributed by atoms with Crippen molar-refractivity contribution in [3.05, 3.63) is 34.9 Å². The molecule has 0 aliphatic carbocycles. The second kappa shape index (κ2) is 5.66. The van der Waals surface area contributed by atoms with E-state index in [0.717, 1.165) is 0 Å².